The molecule has 0 spiro atoms. The van der Waals surface area contributed by atoms with Gasteiger partial charge in [-0.25, -0.2) is 4.79 Å². The molecule has 26 heavy (non-hydrogen) atoms. The summed E-state index contributed by atoms with van der Waals surface area (Å²) in [5.41, 5.74) is 0.454. The predicted octanol–water partition coefficient (Wildman–Crippen LogP) is 2.25. The van der Waals surface area contributed by atoms with Crippen molar-refractivity contribution in [1.29, 1.82) is 0 Å². The van der Waals surface area contributed by atoms with Crippen molar-refractivity contribution in [3.63, 3.8) is 0 Å². The molecular weight excluding hydrogens is 342 g/mol. The monoisotopic (exact) mass is 361 g/mol. The Balaban J connectivity index is 1.49. The van der Waals surface area contributed by atoms with Crippen LogP contribution in [0.15, 0.2) is 39.6 Å². The van der Waals surface area contributed by atoms with Gasteiger partial charge in [-0.05, 0) is 31.0 Å². The molecule has 1 amide bonds. The molecule has 1 fully saturated rings. The number of methoxy groups -OCH3 is 1. The number of likely N-dealkylation sites (tertiary alicyclic amines) is 1. The standard InChI is InChI=1S/C18H19NO7/c1-23-18(22)15-13(6-10-25-15)11-26-17(21)12-4-7-19(8-5-12)16(20)14-3-2-9-24-14/h2-3,6,9-10,12H,4-5,7-8,11H2,1H3. The van der Waals surface area contributed by atoms with E-state index in [-0.39, 0.29) is 30.2 Å². The topological polar surface area (TPSA) is 99.2 Å². The number of amides is 1. The van der Waals surface area contributed by atoms with Crippen LogP contribution in [-0.2, 0) is 20.9 Å². The van der Waals surface area contributed by atoms with Gasteiger partial charge in [0.2, 0.25) is 5.76 Å². The average Bonchev–Trinajstić information content (AvgIpc) is 3.36. The summed E-state index contributed by atoms with van der Waals surface area (Å²) in [4.78, 5) is 37.7. The summed E-state index contributed by atoms with van der Waals surface area (Å²) in [5, 5.41) is 0. The molecule has 3 heterocycles. The largest absolute Gasteiger partial charge is 0.463 e. The van der Waals surface area contributed by atoms with E-state index < -0.39 is 5.97 Å². The zero-order chi connectivity index (χ0) is 18.5. The Morgan fingerprint density at radius 2 is 1.92 bits per heavy atom. The summed E-state index contributed by atoms with van der Waals surface area (Å²) in [5.74, 6) is -1.12. The first-order chi connectivity index (χ1) is 12.6. The summed E-state index contributed by atoms with van der Waals surface area (Å²) in [6, 6.07) is 4.84. The van der Waals surface area contributed by atoms with Crippen molar-refractivity contribution in [2.75, 3.05) is 20.2 Å². The smallest absolute Gasteiger partial charge is 0.374 e. The van der Waals surface area contributed by atoms with Crippen LogP contribution in [0.3, 0.4) is 0 Å². The van der Waals surface area contributed by atoms with Crippen molar-refractivity contribution in [2.24, 2.45) is 5.92 Å². The summed E-state index contributed by atoms with van der Waals surface area (Å²) in [6.07, 6.45) is 3.82. The molecule has 138 valence electrons. The highest BCUT2D eigenvalue weighted by molar-refractivity contribution is 5.91. The van der Waals surface area contributed by atoms with E-state index in [2.05, 4.69) is 4.74 Å². The number of furan rings is 2. The van der Waals surface area contributed by atoms with Gasteiger partial charge in [0.25, 0.3) is 5.91 Å². The fourth-order valence-corrected chi connectivity index (χ4v) is 2.86. The van der Waals surface area contributed by atoms with E-state index in [1.54, 1.807) is 23.1 Å². The molecule has 1 aliphatic rings. The first-order valence-corrected chi connectivity index (χ1v) is 8.24. The lowest BCUT2D eigenvalue weighted by Gasteiger charge is -2.30. The number of nitrogens with zero attached hydrogens (tertiary/aromatic N) is 1. The normalized spacial score (nSPS) is 14.9. The Morgan fingerprint density at radius 1 is 1.15 bits per heavy atom. The molecule has 0 radical (unpaired) electrons. The minimum Gasteiger partial charge on any atom is -0.463 e. The molecule has 1 aliphatic heterocycles. The van der Waals surface area contributed by atoms with Crippen molar-refractivity contribution in [3.05, 3.63) is 47.8 Å². The van der Waals surface area contributed by atoms with Crippen molar-refractivity contribution in [3.8, 4) is 0 Å². The van der Waals surface area contributed by atoms with Crippen molar-refractivity contribution in [2.45, 2.75) is 19.4 Å². The van der Waals surface area contributed by atoms with Crippen LogP contribution < -0.4 is 0 Å². The van der Waals surface area contributed by atoms with Crippen LogP contribution in [0.2, 0.25) is 0 Å². The minimum atomic E-state index is -0.620. The van der Waals surface area contributed by atoms with Crippen LogP contribution in [0, 0.1) is 5.92 Å². The second-order valence-electron chi connectivity index (χ2n) is 5.92. The highest BCUT2D eigenvalue weighted by Gasteiger charge is 2.30. The van der Waals surface area contributed by atoms with E-state index >= 15 is 0 Å². The lowest BCUT2D eigenvalue weighted by molar-refractivity contribution is -0.151. The van der Waals surface area contributed by atoms with Crippen LogP contribution in [0.5, 0.6) is 0 Å². The van der Waals surface area contributed by atoms with Crippen LogP contribution in [-0.4, -0.2) is 42.9 Å². The predicted molar refractivity (Wildman–Crippen MR) is 87.2 cm³/mol. The first-order valence-electron chi connectivity index (χ1n) is 8.24. The van der Waals surface area contributed by atoms with E-state index in [4.69, 9.17) is 13.6 Å². The van der Waals surface area contributed by atoms with Gasteiger partial charge in [-0.1, -0.05) is 0 Å². The number of ether oxygens (including phenoxy) is 2. The van der Waals surface area contributed by atoms with Crippen LogP contribution >= 0.6 is 0 Å². The number of piperidine rings is 1. The molecule has 0 N–H and O–H groups in total. The maximum atomic E-state index is 12.3. The van der Waals surface area contributed by atoms with E-state index in [0.29, 0.717) is 37.3 Å². The van der Waals surface area contributed by atoms with Crippen molar-refractivity contribution in [1.82, 2.24) is 4.90 Å². The Labute approximate surface area is 149 Å². The van der Waals surface area contributed by atoms with Crippen molar-refractivity contribution < 1.29 is 32.7 Å². The fourth-order valence-electron chi connectivity index (χ4n) is 2.86. The Bertz CT molecular complexity index is 769. The zero-order valence-corrected chi connectivity index (χ0v) is 14.3. The highest BCUT2D eigenvalue weighted by atomic mass is 16.5. The van der Waals surface area contributed by atoms with Gasteiger partial charge in [0.1, 0.15) is 6.61 Å². The number of esters is 2. The molecule has 0 unspecified atom stereocenters. The summed E-state index contributed by atoms with van der Waals surface area (Å²) in [6.45, 7) is 0.849. The van der Waals surface area contributed by atoms with Gasteiger partial charge < -0.3 is 23.2 Å². The second kappa shape index (κ2) is 7.90. The average molecular weight is 361 g/mol. The Morgan fingerprint density at radius 3 is 2.58 bits per heavy atom. The SMILES string of the molecule is COC(=O)c1occc1COC(=O)C1CCN(C(=O)c2ccco2)CC1. The van der Waals surface area contributed by atoms with Crippen LogP contribution in [0.1, 0.15) is 39.5 Å². The van der Waals surface area contributed by atoms with Gasteiger partial charge in [-0.2, -0.15) is 0 Å². The summed E-state index contributed by atoms with van der Waals surface area (Å²) >= 11 is 0. The molecule has 8 nitrogen and oxygen atoms in total. The van der Waals surface area contributed by atoms with Crippen LogP contribution in [0.4, 0.5) is 0 Å². The third-order valence-corrected chi connectivity index (χ3v) is 4.33. The fraction of sp³-hybridized carbons (Fsp3) is 0.389. The third kappa shape index (κ3) is 3.79. The molecular formula is C18H19NO7. The van der Waals surface area contributed by atoms with Gasteiger partial charge in [0.15, 0.2) is 5.76 Å². The van der Waals surface area contributed by atoms with Gasteiger partial charge in [-0.15, -0.1) is 0 Å². The number of rotatable bonds is 5. The number of carbonyl (C=O) groups excluding carboxylic acids is 3. The third-order valence-electron chi connectivity index (χ3n) is 4.33. The molecule has 0 atom stereocenters. The van der Waals surface area contributed by atoms with E-state index in [1.165, 1.54) is 19.6 Å². The van der Waals surface area contributed by atoms with Gasteiger partial charge in [0, 0.05) is 18.7 Å². The molecule has 0 saturated carbocycles. The second-order valence-corrected chi connectivity index (χ2v) is 5.92. The molecule has 2 aromatic heterocycles. The zero-order valence-electron chi connectivity index (χ0n) is 14.3. The van der Waals surface area contributed by atoms with E-state index in [1.807, 2.05) is 0 Å². The molecule has 0 bridgehead atoms. The van der Waals surface area contributed by atoms with Gasteiger partial charge >= 0.3 is 11.9 Å². The lowest BCUT2D eigenvalue weighted by atomic mass is 9.97. The van der Waals surface area contributed by atoms with Crippen molar-refractivity contribution >= 4 is 17.8 Å². The molecule has 0 aromatic carbocycles. The molecule has 3 rings (SSSR count). The molecule has 2 aromatic rings. The van der Waals surface area contributed by atoms with E-state index in [9.17, 15) is 14.4 Å². The molecule has 8 heteroatoms. The molecule has 1 saturated heterocycles. The minimum absolute atomic E-state index is 0.0270. The van der Waals surface area contributed by atoms with Gasteiger partial charge in [-0.3, -0.25) is 9.59 Å². The number of hydrogen-bond donors (Lipinski definition) is 0. The summed E-state index contributed by atoms with van der Waals surface area (Å²) < 4.78 is 20.1. The van der Waals surface area contributed by atoms with E-state index in [0.717, 1.165) is 0 Å². The summed E-state index contributed by atoms with van der Waals surface area (Å²) in [7, 11) is 1.25. The lowest BCUT2D eigenvalue weighted by Crippen LogP contribution is -2.40. The Kier molecular flexibility index (Phi) is 5.40. The highest BCUT2D eigenvalue weighted by Crippen LogP contribution is 2.22. The Hall–Kier alpha value is -3.03. The quantitative estimate of drug-likeness (QED) is 0.753. The number of carbonyl (C=O) groups is 3. The van der Waals surface area contributed by atoms with Gasteiger partial charge in [0.05, 0.1) is 25.6 Å². The van der Waals surface area contributed by atoms with Crippen LogP contribution in [0.25, 0.3) is 0 Å². The molecule has 0 aliphatic carbocycles. The maximum absolute atomic E-state index is 12.3. The number of hydrogen-bond acceptors (Lipinski definition) is 7. The maximum Gasteiger partial charge on any atom is 0.374 e. The first kappa shape index (κ1) is 17.8.